The molecule has 0 aromatic rings. The number of fused-ring (bicyclic) bond motifs is 4. The summed E-state index contributed by atoms with van der Waals surface area (Å²) in [5.74, 6) is 2.63. The molecule has 124 valence electrons. The highest BCUT2D eigenvalue weighted by Crippen LogP contribution is 2.70. The third kappa shape index (κ3) is 1.69. The van der Waals surface area contributed by atoms with Gasteiger partial charge in [-0.1, -0.05) is 13.8 Å². The third-order valence-electron chi connectivity index (χ3n) is 8.99. The first kappa shape index (κ1) is 14.3. The van der Waals surface area contributed by atoms with Crippen molar-refractivity contribution in [1.82, 2.24) is 0 Å². The molecule has 8 atom stereocenters. The van der Waals surface area contributed by atoms with Gasteiger partial charge in [-0.05, 0) is 87.4 Å². The average Bonchev–Trinajstić information content (AvgIpc) is 3.28. The number of hydrogen-bond acceptors (Lipinski definition) is 2. The van der Waals surface area contributed by atoms with Crippen LogP contribution in [0.15, 0.2) is 0 Å². The van der Waals surface area contributed by atoms with Crippen molar-refractivity contribution in [2.75, 3.05) is 6.61 Å². The summed E-state index contributed by atoms with van der Waals surface area (Å²) < 4.78 is 11.9. The minimum atomic E-state index is 0.232. The highest BCUT2D eigenvalue weighted by atomic mass is 16.6. The lowest BCUT2D eigenvalue weighted by Gasteiger charge is -2.55. The van der Waals surface area contributed by atoms with Gasteiger partial charge in [-0.25, -0.2) is 0 Å². The Balaban J connectivity index is 1.48. The molecule has 0 aromatic carbocycles. The first-order chi connectivity index (χ1) is 10.3. The molecule has 2 aliphatic heterocycles. The van der Waals surface area contributed by atoms with Gasteiger partial charge in [0.15, 0.2) is 0 Å². The van der Waals surface area contributed by atoms with Crippen molar-refractivity contribution in [3.05, 3.63) is 0 Å². The van der Waals surface area contributed by atoms with Crippen molar-refractivity contribution in [3.8, 4) is 0 Å². The first-order valence-electron chi connectivity index (χ1n) is 9.61. The van der Waals surface area contributed by atoms with Crippen molar-refractivity contribution in [1.29, 1.82) is 0 Å². The fourth-order valence-electron chi connectivity index (χ4n) is 7.34. The Kier molecular flexibility index (Phi) is 2.56. The second-order valence-electron chi connectivity index (χ2n) is 10.3. The van der Waals surface area contributed by atoms with Gasteiger partial charge in [0.25, 0.3) is 0 Å². The molecule has 22 heavy (non-hydrogen) atoms. The van der Waals surface area contributed by atoms with Crippen LogP contribution in [0.25, 0.3) is 0 Å². The van der Waals surface area contributed by atoms with E-state index in [1.165, 1.54) is 44.9 Å². The van der Waals surface area contributed by atoms with E-state index in [0.29, 0.717) is 16.9 Å². The molecular weight excluding hydrogens is 272 g/mol. The van der Waals surface area contributed by atoms with Crippen LogP contribution in [0.5, 0.6) is 0 Å². The minimum absolute atomic E-state index is 0.232. The van der Waals surface area contributed by atoms with Crippen LogP contribution in [0.4, 0.5) is 0 Å². The van der Waals surface area contributed by atoms with Crippen LogP contribution >= 0.6 is 0 Å². The first-order valence-corrected chi connectivity index (χ1v) is 9.61. The van der Waals surface area contributed by atoms with Crippen LogP contribution in [-0.2, 0) is 9.47 Å². The van der Waals surface area contributed by atoms with E-state index in [0.717, 1.165) is 24.4 Å². The van der Waals surface area contributed by atoms with Crippen LogP contribution in [0.1, 0.15) is 72.6 Å². The lowest BCUT2D eigenvalue weighted by atomic mass is 9.50. The third-order valence-corrected chi connectivity index (χ3v) is 8.99. The molecule has 0 bridgehead atoms. The standard InChI is InChI=1S/C20H32O2/c1-17-8-5-13-14(20(4)12-21-20)6-9-18(13,2)15(17)7-10-19(3)16(11-17)22-19/h13-16H,5-12H2,1-4H3/t13-,14-,15-,16+,17-,18-,19-,20?/m1/s1. The van der Waals surface area contributed by atoms with Crippen LogP contribution in [0, 0.1) is 28.6 Å². The van der Waals surface area contributed by atoms with E-state index in [1.54, 1.807) is 0 Å². The summed E-state index contributed by atoms with van der Waals surface area (Å²) in [6.45, 7) is 11.0. The maximum absolute atomic E-state index is 6.07. The van der Waals surface area contributed by atoms with Crippen LogP contribution < -0.4 is 0 Å². The Hall–Kier alpha value is -0.0800. The quantitative estimate of drug-likeness (QED) is 0.663. The average molecular weight is 304 g/mol. The Morgan fingerprint density at radius 1 is 0.818 bits per heavy atom. The smallest absolute Gasteiger partial charge is 0.0920 e. The molecule has 0 amide bonds. The highest BCUT2D eigenvalue weighted by molar-refractivity contribution is 5.15. The monoisotopic (exact) mass is 304 g/mol. The molecule has 0 radical (unpaired) electrons. The van der Waals surface area contributed by atoms with Gasteiger partial charge < -0.3 is 9.47 Å². The van der Waals surface area contributed by atoms with Gasteiger partial charge >= 0.3 is 0 Å². The second-order valence-corrected chi connectivity index (χ2v) is 10.3. The van der Waals surface area contributed by atoms with E-state index in [2.05, 4.69) is 27.7 Å². The molecule has 3 aliphatic carbocycles. The lowest BCUT2D eigenvalue weighted by Crippen LogP contribution is -2.48. The van der Waals surface area contributed by atoms with Gasteiger partial charge in [0.1, 0.15) is 0 Å². The molecule has 3 saturated carbocycles. The summed E-state index contributed by atoms with van der Waals surface area (Å²) in [5, 5.41) is 0. The lowest BCUT2D eigenvalue weighted by molar-refractivity contribution is -0.0691. The Morgan fingerprint density at radius 3 is 2.27 bits per heavy atom. The molecular formula is C20H32O2. The number of rotatable bonds is 1. The molecule has 2 heteroatoms. The SMILES string of the molecule is CC1([C@@H]2CC[C@]3(C)[C@@H]2CC[C@]2(C)C[C@@H]4O[C@]4(C)CC[C@H]23)CO1. The van der Waals surface area contributed by atoms with Gasteiger partial charge in [0, 0.05) is 0 Å². The maximum Gasteiger partial charge on any atom is 0.0920 e. The molecule has 1 unspecified atom stereocenters. The van der Waals surface area contributed by atoms with Gasteiger partial charge in [-0.2, -0.15) is 0 Å². The molecule has 2 saturated heterocycles. The molecule has 2 heterocycles. The normalized spacial score (nSPS) is 66.0. The van der Waals surface area contributed by atoms with E-state index in [4.69, 9.17) is 9.47 Å². The van der Waals surface area contributed by atoms with E-state index in [-0.39, 0.29) is 11.2 Å². The molecule has 5 fully saturated rings. The largest absolute Gasteiger partial charge is 0.370 e. The Morgan fingerprint density at radius 2 is 1.55 bits per heavy atom. The fourth-order valence-corrected chi connectivity index (χ4v) is 7.34. The summed E-state index contributed by atoms with van der Waals surface area (Å²) in [6.07, 6.45) is 10.2. The van der Waals surface area contributed by atoms with Crippen molar-refractivity contribution in [2.45, 2.75) is 89.9 Å². The Bertz CT molecular complexity index is 512. The summed E-state index contributed by atoms with van der Waals surface area (Å²) >= 11 is 0. The topological polar surface area (TPSA) is 25.1 Å². The zero-order chi connectivity index (χ0) is 15.4. The fraction of sp³-hybridized carbons (Fsp3) is 1.00. The zero-order valence-electron chi connectivity index (χ0n) is 14.8. The van der Waals surface area contributed by atoms with Crippen LogP contribution in [0.2, 0.25) is 0 Å². The predicted molar refractivity (Wildman–Crippen MR) is 86.6 cm³/mol. The van der Waals surface area contributed by atoms with E-state index < -0.39 is 0 Å². The van der Waals surface area contributed by atoms with Crippen molar-refractivity contribution in [2.24, 2.45) is 28.6 Å². The predicted octanol–water partition coefficient (Wildman–Crippen LogP) is 4.57. The zero-order valence-corrected chi connectivity index (χ0v) is 14.8. The van der Waals surface area contributed by atoms with Crippen LogP contribution in [-0.4, -0.2) is 23.9 Å². The van der Waals surface area contributed by atoms with Gasteiger partial charge in [0.2, 0.25) is 0 Å². The summed E-state index contributed by atoms with van der Waals surface area (Å²) in [5.41, 5.74) is 1.54. The van der Waals surface area contributed by atoms with E-state index >= 15 is 0 Å². The molecule has 0 spiro atoms. The summed E-state index contributed by atoms with van der Waals surface area (Å²) in [7, 11) is 0. The van der Waals surface area contributed by atoms with Gasteiger partial charge in [0.05, 0.1) is 23.9 Å². The number of ether oxygens (including phenoxy) is 2. The molecule has 5 rings (SSSR count). The van der Waals surface area contributed by atoms with Crippen molar-refractivity contribution in [3.63, 3.8) is 0 Å². The van der Waals surface area contributed by atoms with Gasteiger partial charge in [-0.3, -0.25) is 0 Å². The molecule has 0 N–H and O–H groups in total. The molecule has 5 aliphatic rings. The van der Waals surface area contributed by atoms with Crippen molar-refractivity contribution < 1.29 is 9.47 Å². The molecule has 2 nitrogen and oxygen atoms in total. The van der Waals surface area contributed by atoms with Crippen molar-refractivity contribution >= 4 is 0 Å². The van der Waals surface area contributed by atoms with Gasteiger partial charge in [-0.15, -0.1) is 0 Å². The second kappa shape index (κ2) is 3.94. The van der Waals surface area contributed by atoms with E-state index in [1.807, 2.05) is 0 Å². The minimum Gasteiger partial charge on any atom is -0.370 e. The maximum atomic E-state index is 6.07. The Labute approximate surface area is 135 Å². The molecule has 0 aromatic heterocycles. The number of epoxide rings is 2. The highest BCUT2D eigenvalue weighted by Gasteiger charge is 2.67. The summed E-state index contributed by atoms with van der Waals surface area (Å²) in [6, 6.07) is 0. The summed E-state index contributed by atoms with van der Waals surface area (Å²) in [4.78, 5) is 0. The van der Waals surface area contributed by atoms with E-state index in [9.17, 15) is 0 Å². The van der Waals surface area contributed by atoms with Crippen LogP contribution in [0.3, 0.4) is 0 Å². The number of hydrogen-bond donors (Lipinski definition) is 0.